The van der Waals surface area contributed by atoms with Gasteiger partial charge in [-0.05, 0) is 12.1 Å². The van der Waals surface area contributed by atoms with Gasteiger partial charge in [0.05, 0.1) is 7.11 Å². The fourth-order valence-corrected chi connectivity index (χ4v) is 1.13. The number of Topliss-reactive ketones (excluding diaryl/α,β-unsaturated/α-hetero) is 1. The summed E-state index contributed by atoms with van der Waals surface area (Å²) < 4.78 is 9.70. The topological polar surface area (TPSA) is 61.5 Å². The van der Waals surface area contributed by atoms with Crippen LogP contribution in [0, 0.1) is 0 Å². The zero-order valence-electron chi connectivity index (χ0n) is 8.24. The Morgan fingerprint density at radius 1 is 1.43 bits per heavy atom. The SMILES string of the molecule is COCC(=O)c1ccc(OC)cc1N. The van der Waals surface area contributed by atoms with Gasteiger partial charge < -0.3 is 15.2 Å². The maximum absolute atomic E-state index is 11.4. The van der Waals surface area contributed by atoms with Crippen molar-refractivity contribution < 1.29 is 14.3 Å². The van der Waals surface area contributed by atoms with Crippen LogP contribution in [-0.2, 0) is 4.74 Å². The number of benzene rings is 1. The Morgan fingerprint density at radius 3 is 2.64 bits per heavy atom. The molecule has 0 saturated carbocycles. The Hall–Kier alpha value is -1.55. The second kappa shape index (κ2) is 4.62. The van der Waals surface area contributed by atoms with Crippen LogP contribution in [0.1, 0.15) is 10.4 Å². The summed E-state index contributed by atoms with van der Waals surface area (Å²) in [4.78, 5) is 11.4. The molecular formula is C10H13NO3. The van der Waals surface area contributed by atoms with Gasteiger partial charge in [-0.2, -0.15) is 0 Å². The fourth-order valence-electron chi connectivity index (χ4n) is 1.13. The zero-order chi connectivity index (χ0) is 10.6. The molecule has 0 atom stereocenters. The molecule has 0 aliphatic heterocycles. The number of ketones is 1. The van der Waals surface area contributed by atoms with Crippen molar-refractivity contribution in [3.8, 4) is 5.75 Å². The molecule has 0 spiro atoms. The zero-order valence-corrected chi connectivity index (χ0v) is 8.24. The molecule has 76 valence electrons. The van der Waals surface area contributed by atoms with Crippen LogP contribution in [-0.4, -0.2) is 26.6 Å². The van der Waals surface area contributed by atoms with E-state index in [0.717, 1.165) is 0 Å². The summed E-state index contributed by atoms with van der Waals surface area (Å²) in [6, 6.07) is 4.94. The number of ether oxygens (including phenoxy) is 2. The fraction of sp³-hybridized carbons (Fsp3) is 0.300. The largest absolute Gasteiger partial charge is 0.497 e. The van der Waals surface area contributed by atoms with Crippen LogP contribution in [0.3, 0.4) is 0 Å². The van der Waals surface area contributed by atoms with Crippen molar-refractivity contribution in [2.24, 2.45) is 0 Å². The minimum atomic E-state index is -0.132. The van der Waals surface area contributed by atoms with Crippen molar-refractivity contribution in [1.29, 1.82) is 0 Å². The molecule has 0 heterocycles. The Morgan fingerprint density at radius 2 is 2.14 bits per heavy atom. The van der Waals surface area contributed by atoms with E-state index in [9.17, 15) is 4.79 Å². The highest BCUT2D eigenvalue weighted by molar-refractivity contribution is 6.01. The van der Waals surface area contributed by atoms with Crippen molar-refractivity contribution >= 4 is 11.5 Å². The lowest BCUT2D eigenvalue weighted by Gasteiger charge is -2.06. The van der Waals surface area contributed by atoms with Crippen LogP contribution < -0.4 is 10.5 Å². The Kier molecular flexibility index (Phi) is 3.48. The van der Waals surface area contributed by atoms with Crippen molar-refractivity contribution in [3.63, 3.8) is 0 Å². The standard InChI is InChI=1S/C10H13NO3/c1-13-6-10(12)8-4-3-7(14-2)5-9(8)11/h3-5H,6,11H2,1-2H3. The number of rotatable bonds is 4. The van der Waals surface area contributed by atoms with Crippen molar-refractivity contribution in [2.45, 2.75) is 0 Å². The molecule has 0 aromatic heterocycles. The number of nitrogens with two attached hydrogens (primary N) is 1. The third-order valence-electron chi connectivity index (χ3n) is 1.83. The normalized spacial score (nSPS) is 9.86. The van der Waals surface area contributed by atoms with E-state index < -0.39 is 0 Å². The van der Waals surface area contributed by atoms with Crippen LogP contribution in [0.15, 0.2) is 18.2 Å². The molecule has 1 aromatic carbocycles. The Balaban J connectivity index is 2.94. The first-order chi connectivity index (χ1) is 6.69. The Bertz CT molecular complexity index is 336. The summed E-state index contributed by atoms with van der Waals surface area (Å²) in [5.74, 6) is 0.504. The molecule has 2 N–H and O–H groups in total. The summed E-state index contributed by atoms with van der Waals surface area (Å²) in [6.45, 7) is 0.0382. The number of nitrogen functional groups attached to an aromatic ring is 1. The molecular weight excluding hydrogens is 182 g/mol. The number of hydrogen-bond donors (Lipinski definition) is 1. The van der Waals surface area contributed by atoms with E-state index in [0.29, 0.717) is 17.0 Å². The van der Waals surface area contributed by atoms with Gasteiger partial charge in [-0.15, -0.1) is 0 Å². The maximum Gasteiger partial charge on any atom is 0.190 e. The van der Waals surface area contributed by atoms with Gasteiger partial charge in [-0.25, -0.2) is 0 Å². The molecule has 0 aliphatic carbocycles. The van der Waals surface area contributed by atoms with Crippen LogP contribution in [0.25, 0.3) is 0 Å². The molecule has 0 saturated heterocycles. The van der Waals surface area contributed by atoms with E-state index in [2.05, 4.69) is 0 Å². The van der Waals surface area contributed by atoms with Crippen LogP contribution >= 0.6 is 0 Å². The van der Waals surface area contributed by atoms with Crippen LogP contribution in [0.4, 0.5) is 5.69 Å². The highest BCUT2D eigenvalue weighted by atomic mass is 16.5. The number of carbonyl (C=O) groups is 1. The third kappa shape index (κ3) is 2.23. The van der Waals surface area contributed by atoms with Gasteiger partial charge in [-0.1, -0.05) is 0 Å². The quantitative estimate of drug-likeness (QED) is 0.577. The number of hydrogen-bond acceptors (Lipinski definition) is 4. The summed E-state index contributed by atoms with van der Waals surface area (Å²) in [5.41, 5.74) is 6.55. The second-order valence-electron chi connectivity index (χ2n) is 2.81. The van der Waals surface area contributed by atoms with Gasteiger partial charge in [0.2, 0.25) is 0 Å². The molecule has 0 bridgehead atoms. The predicted molar refractivity (Wildman–Crippen MR) is 53.6 cm³/mol. The first kappa shape index (κ1) is 10.5. The third-order valence-corrected chi connectivity index (χ3v) is 1.83. The average molecular weight is 195 g/mol. The highest BCUT2D eigenvalue weighted by Crippen LogP contribution is 2.19. The average Bonchev–Trinajstić information content (AvgIpc) is 2.17. The number of anilines is 1. The van der Waals surface area contributed by atoms with E-state index in [1.165, 1.54) is 7.11 Å². The van der Waals surface area contributed by atoms with Gasteiger partial charge in [0.25, 0.3) is 0 Å². The molecule has 0 fully saturated rings. The van der Waals surface area contributed by atoms with Gasteiger partial charge in [0, 0.05) is 24.4 Å². The molecule has 1 rings (SSSR count). The minimum Gasteiger partial charge on any atom is -0.497 e. The molecule has 4 nitrogen and oxygen atoms in total. The summed E-state index contributed by atoms with van der Waals surface area (Å²) in [5, 5.41) is 0. The minimum absolute atomic E-state index is 0.0382. The second-order valence-corrected chi connectivity index (χ2v) is 2.81. The van der Waals surface area contributed by atoms with Crippen LogP contribution in [0.5, 0.6) is 5.75 Å². The lowest BCUT2D eigenvalue weighted by molar-refractivity contribution is 0.0849. The highest BCUT2D eigenvalue weighted by Gasteiger charge is 2.09. The summed E-state index contributed by atoms with van der Waals surface area (Å²) in [6.07, 6.45) is 0. The molecule has 0 radical (unpaired) electrons. The summed E-state index contributed by atoms with van der Waals surface area (Å²) in [7, 11) is 3.02. The van der Waals surface area contributed by atoms with Gasteiger partial charge in [-0.3, -0.25) is 4.79 Å². The molecule has 0 unspecified atom stereocenters. The van der Waals surface area contributed by atoms with Crippen molar-refractivity contribution in [2.75, 3.05) is 26.6 Å². The Labute approximate surface area is 82.6 Å². The van der Waals surface area contributed by atoms with Crippen molar-refractivity contribution in [1.82, 2.24) is 0 Å². The van der Waals surface area contributed by atoms with E-state index in [4.69, 9.17) is 15.2 Å². The molecule has 0 aliphatic rings. The monoisotopic (exact) mass is 195 g/mol. The lowest BCUT2D eigenvalue weighted by Crippen LogP contribution is -2.09. The molecule has 4 heteroatoms. The first-order valence-corrected chi connectivity index (χ1v) is 4.14. The van der Waals surface area contributed by atoms with E-state index in [1.54, 1.807) is 25.3 Å². The predicted octanol–water partition coefficient (Wildman–Crippen LogP) is 1.11. The van der Waals surface area contributed by atoms with Gasteiger partial charge in [0.15, 0.2) is 5.78 Å². The van der Waals surface area contributed by atoms with Gasteiger partial charge >= 0.3 is 0 Å². The lowest BCUT2D eigenvalue weighted by atomic mass is 10.1. The molecule has 14 heavy (non-hydrogen) atoms. The van der Waals surface area contributed by atoms with E-state index in [1.807, 2.05) is 0 Å². The van der Waals surface area contributed by atoms with E-state index >= 15 is 0 Å². The van der Waals surface area contributed by atoms with E-state index in [-0.39, 0.29) is 12.4 Å². The van der Waals surface area contributed by atoms with Crippen molar-refractivity contribution in [3.05, 3.63) is 23.8 Å². The molecule has 0 amide bonds. The van der Waals surface area contributed by atoms with Crippen LogP contribution in [0.2, 0.25) is 0 Å². The first-order valence-electron chi connectivity index (χ1n) is 4.14. The smallest absolute Gasteiger partial charge is 0.190 e. The summed E-state index contributed by atoms with van der Waals surface area (Å²) >= 11 is 0. The maximum atomic E-state index is 11.4. The van der Waals surface area contributed by atoms with Gasteiger partial charge in [0.1, 0.15) is 12.4 Å². The molecule has 1 aromatic rings. The number of methoxy groups -OCH3 is 2. The number of carbonyl (C=O) groups excluding carboxylic acids is 1.